The zero-order chi connectivity index (χ0) is 19.7. The van der Waals surface area contributed by atoms with Crippen LogP contribution < -0.4 is 16.1 Å². The molecule has 0 fully saturated rings. The molecular weight excluding hydrogens is 371 g/mol. The molecule has 1 atom stereocenters. The molecule has 0 aromatic heterocycles. The van der Waals surface area contributed by atoms with E-state index in [0.29, 0.717) is 16.4 Å². The molecule has 3 N–H and O–H groups in total. The van der Waals surface area contributed by atoms with Crippen molar-refractivity contribution in [1.29, 1.82) is 0 Å². The molecule has 140 valence electrons. The van der Waals surface area contributed by atoms with Crippen LogP contribution in [0.1, 0.15) is 17.5 Å². The highest BCUT2D eigenvalue weighted by Gasteiger charge is 2.35. The van der Waals surface area contributed by atoms with Gasteiger partial charge >= 0.3 is 0 Å². The van der Waals surface area contributed by atoms with Gasteiger partial charge in [-0.2, -0.15) is 5.10 Å². The van der Waals surface area contributed by atoms with E-state index >= 15 is 0 Å². The smallest absolute Gasteiger partial charge is 0.272 e. The zero-order valence-electron chi connectivity index (χ0n) is 14.8. The van der Waals surface area contributed by atoms with E-state index in [1.54, 1.807) is 6.07 Å². The van der Waals surface area contributed by atoms with Crippen LogP contribution in [0.5, 0.6) is 0 Å². The van der Waals surface area contributed by atoms with Gasteiger partial charge in [0.05, 0.1) is 16.4 Å². The summed E-state index contributed by atoms with van der Waals surface area (Å²) >= 11 is 6.23. The molecule has 0 bridgehead atoms. The van der Waals surface area contributed by atoms with E-state index in [9.17, 15) is 14.0 Å². The summed E-state index contributed by atoms with van der Waals surface area (Å²) in [6, 6.07) is 8.25. The Morgan fingerprint density at radius 1 is 1.26 bits per heavy atom. The maximum atomic E-state index is 13.2. The summed E-state index contributed by atoms with van der Waals surface area (Å²) in [7, 11) is 0. The van der Waals surface area contributed by atoms with Gasteiger partial charge < -0.3 is 11.1 Å². The Labute approximate surface area is 160 Å². The van der Waals surface area contributed by atoms with Crippen LogP contribution in [0, 0.1) is 19.7 Å². The van der Waals surface area contributed by atoms with Gasteiger partial charge in [-0.05, 0) is 55.3 Å². The molecule has 0 saturated carbocycles. The average molecular weight is 389 g/mol. The van der Waals surface area contributed by atoms with E-state index in [1.807, 2.05) is 19.9 Å². The summed E-state index contributed by atoms with van der Waals surface area (Å²) in [6.45, 7) is 3.74. The number of halogens is 2. The molecule has 2 aromatic rings. The lowest BCUT2D eigenvalue weighted by Crippen LogP contribution is -2.39. The number of nitrogens with zero attached hydrogens (tertiary/aromatic N) is 2. The third kappa shape index (κ3) is 3.93. The molecule has 0 unspecified atom stereocenters. The van der Waals surface area contributed by atoms with Gasteiger partial charge in [-0.3, -0.25) is 14.6 Å². The molecule has 1 aliphatic heterocycles. The number of primary amides is 1. The molecule has 2 aromatic carbocycles. The van der Waals surface area contributed by atoms with Crippen LogP contribution in [-0.2, 0) is 9.59 Å². The Hall–Kier alpha value is -2.93. The molecule has 1 heterocycles. The Morgan fingerprint density at radius 2 is 1.93 bits per heavy atom. The largest absolute Gasteiger partial charge is 0.368 e. The maximum Gasteiger partial charge on any atom is 0.272 e. The van der Waals surface area contributed by atoms with E-state index in [2.05, 4.69) is 10.4 Å². The van der Waals surface area contributed by atoms with Gasteiger partial charge in [-0.25, -0.2) is 4.39 Å². The van der Waals surface area contributed by atoms with Gasteiger partial charge in [0.1, 0.15) is 17.6 Å². The lowest BCUT2D eigenvalue weighted by Gasteiger charge is -2.20. The minimum absolute atomic E-state index is 0.0427. The first-order valence-electron chi connectivity index (χ1n) is 8.26. The van der Waals surface area contributed by atoms with Crippen molar-refractivity contribution in [3.63, 3.8) is 0 Å². The summed E-state index contributed by atoms with van der Waals surface area (Å²) in [6.07, 6.45) is 0.0427. The lowest BCUT2D eigenvalue weighted by atomic mass is 10.1. The van der Waals surface area contributed by atoms with Gasteiger partial charge in [0.2, 0.25) is 5.91 Å². The first-order chi connectivity index (χ1) is 12.8. The van der Waals surface area contributed by atoms with Crippen LogP contribution in [0.2, 0.25) is 5.02 Å². The van der Waals surface area contributed by atoms with Gasteiger partial charge in [-0.15, -0.1) is 0 Å². The standard InChI is InChI=1S/C19H18ClFN4O2/c1-10-7-11(2)17(14(20)8-10)23-19(27)15-9-16(18(22)26)25(24-15)13-5-3-12(21)4-6-13/h3-8,16H,9H2,1-2H3,(H2,22,26)(H,23,27)/t16-/m0/s1. The monoisotopic (exact) mass is 388 g/mol. The normalized spacial score (nSPS) is 16.2. The molecule has 8 heteroatoms. The van der Waals surface area contributed by atoms with E-state index in [4.69, 9.17) is 17.3 Å². The number of hydrazone groups is 1. The highest BCUT2D eigenvalue weighted by molar-refractivity contribution is 6.45. The number of carbonyl (C=O) groups is 2. The lowest BCUT2D eigenvalue weighted by molar-refractivity contribution is -0.119. The molecule has 2 amide bonds. The van der Waals surface area contributed by atoms with Crippen LogP contribution in [0.15, 0.2) is 41.5 Å². The highest BCUT2D eigenvalue weighted by atomic mass is 35.5. The molecule has 3 rings (SSSR count). The van der Waals surface area contributed by atoms with Crippen LogP contribution in [0.3, 0.4) is 0 Å². The number of aryl methyl sites for hydroxylation is 2. The van der Waals surface area contributed by atoms with E-state index < -0.39 is 23.7 Å². The van der Waals surface area contributed by atoms with E-state index in [-0.39, 0.29) is 12.1 Å². The third-order valence-corrected chi connectivity index (χ3v) is 4.56. The number of anilines is 2. The van der Waals surface area contributed by atoms with Gasteiger partial charge in [0, 0.05) is 6.42 Å². The molecule has 6 nitrogen and oxygen atoms in total. The first kappa shape index (κ1) is 18.8. The Morgan fingerprint density at radius 3 is 2.52 bits per heavy atom. The zero-order valence-corrected chi connectivity index (χ0v) is 15.5. The summed E-state index contributed by atoms with van der Waals surface area (Å²) in [5, 5.41) is 8.73. The second-order valence-electron chi connectivity index (χ2n) is 6.38. The summed E-state index contributed by atoms with van der Waals surface area (Å²) in [5.41, 5.74) is 8.34. The number of carbonyl (C=O) groups excluding carboxylic acids is 2. The third-order valence-electron chi connectivity index (χ3n) is 4.26. The van der Waals surface area contributed by atoms with Crippen molar-refractivity contribution < 1.29 is 14.0 Å². The van der Waals surface area contributed by atoms with Gasteiger partial charge in [-0.1, -0.05) is 17.7 Å². The number of nitrogens with one attached hydrogen (secondary N) is 1. The number of amides is 2. The van der Waals surface area contributed by atoms with Crippen molar-refractivity contribution in [3.05, 3.63) is 58.4 Å². The van der Waals surface area contributed by atoms with Crippen molar-refractivity contribution in [2.45, 2.75) is 26.3 Å². The topological polar surface area (TPSA) is 87.8 Å². The van der Waals surface area contributed by atoms with Gasteiger partial charge in [0.15, 0.2) is 0 Å². The minimum atomic E-state index is -0.828. The fourth-order valence-corrected chi connectivity index (χ4v) is 3.33. The van der Waals surface area contributed by atoms with Crippen molar-refractivity contribution in [1.82, 2.24) is 0 Å². The molecule has 27 heavy (non-hydrogen) atoms. The maximum absolute atomic E-state index is 13.2. The van der Waals surface area contributed by atoms with Gasteiger partial charge in [0.25, 0.3) is 5.91 Å². The van der Waals surface area contributed by atoms with Crippen LogP contribution in [-0.4, -0.2) is 23.6 Å². The van der Waals surface area contributed by atoms with Crippen molar-refractivity contribution >= 4 is 40.5 Å². The Kier molecular flexibility index (Phi) is 5.14. The molecule has 0 spiro atoms. The SMILES string of the molecule is Cc1cc(C)c(NC(=O)C2=NN(c3ccc(F)cc3)[C@H](C(N)=O)C2)c(Cl)c1. The van der Waals surface area contributed by atoms with Crippen LogP contribution in [0.4, 0.5) is 15.8 Å². The van der Waals surface area contributed by atoms with Crippen LogP contribution in [0.25, 0.3) is 0 Å². The number of rotatable bonds is 4. The highest BCUT2D eigenvalue weighted by Crippen LogP contribution is 2.29. The average Bonchev–Trinajstić information content (AvgIpc) is 3.04. The Bertz CT molecular complexity index is 920. The second kappa shape index (κ2) is 7.36. The molecule has 1 aliphatic rings. The molecule has 0 radical (unpaired) electrons. The van der Waals surface area contributed by atoms with E-state index in [0.717, 1.165) is 11.1 Å². The first-order valence-corrected chi connectivity index (χ1v) is 8.63. The quantitative estimate of drug-likeness (QED) is 0.843. The Balaban J connectivity index is 1.87. The summed E-state index contributed by atoms with van der Waals surface area (Å²) in [4.78, 5) is 24.5. The molecule has 0 saturated heterocycles. The van der Waals surface area contributed by atoms with Crippen molar-refractivity contribution in [2.75, 3.05) is 10.3 Å². The number of hydrogen-bond donors (Lipinski definition) is 2. The van der Waals surface area contributed by atoms with Crippen LogP contribution >= 0.6 is 11.6 Å². The van der Waals surface area contributed by atoms with Crippen molar-refractivity contribution in [3.8, 4) is 0 Å². The predicted octanol–water partition coefficient (Wildman–Crippen LogP) is 3.15. The number of benzene rings is 2. The second-order valence-corrected chi connectivity index (χ2v) is 6.79. The summed E-state index contributed by atoms with van der Waals surface area (Å²) < 4.78 is 13.2. The molecular formula is C19H18ClFN4O2. The fraction of sp³-hybridized carbons (Fsp3) is 0.211. The molecule has 0 aliphatic carbocycles. The predicted molar refractivity (Wildman–Crippen MR) is 103 cm³/mol. The number of nitrogens with two attached hydrogens (primary N) is 1. The summed E-state index contributed by atoms with van der Waals surface area (Å²) in [5.74, 6) is -1.52. The fourth-order valence-electron chi connectivity index (χ4n) is 2.96. The van der Waals surface area contributed by atoms with E-state index in [1.165, 1.54) is 29.3 Å². The minimum Gasteiger partial charge on any atom is -0.368 e. The number of hydrogen-bond acceptors (Lipinski definition) is 4. The van der Waals surface area contributed by atoms with Crippen molar-refractivity contribution in [2.24, 2.45) is 10.8 Å².